The molecule has 0 radical (unpaired) electrons. The SMILES string of the molecule is COc1ccc(CCNC(=O)c2ccc(C)c(NC(=O)c3ccco3)c2)cc1OC(F)F. The van der Waals surface area contributed by atoms with Gasteiger partial charge in [-0.1, -0.05) is 12.1 Å². The fraction of sp³-hybridized carbons (Fsp3) is 0.217. The molecule has 0 spiro atoms. The van der Waals surface area contributed by atoms with Crippen molar-refractivity contribution in [3.05, 3.63) is 77.2 Å². The summed E-state index contributed by atoms with van der Waals surface area (Å²) in [5.41, 5.74) is 2.33. The highest BCUT2D eigenvalue weighted by atomic mass is 19.3. The molecule has 32 heavy (non-hydrogen) atoms. The predicted molar refractivity (Wildman–Crippen MR) is 114 cm³/mol. The summed E-state index contributed by atoms with van der Waals surface area (Å²) in [5, 5.41) is 5.50. The minimum absolute atomic E-state index is 0.0678. The third-order valence-electron chi connectivity index (χ3n) is 4.64. The molecule has 0 saturated heterocycles. The van der Waals surface area contributed by atoms with Gasteiger partial charge in [0.2, 0.25) is 0 Å². The molecule has 2 amide bonds. The monoisotopic (exact) mass is 444 g/mol. The lowest BCUT2D eigenvalue weighted by molar-refractivity contribution is -0.0512. The molecule has 1 heterocycles. The third kappa shape index (κ3) is 5.84. The second-order valence-electron chi connectivity index (χ2n) is 6.83. The smallest absolute Gasteiger partial charge is 0.387 e. The van der Waals surface area contributed by atoms with Crippen LogP contribution in [0.1, 0.15) is 32.0 Å². The van der Waals surface area contributed by atoms with Crippen LogP contribution in [-0.2, 0) is 6.42 Å². The van der Waals surface area contributed by atoms with Gasteiger partial charge in [-0.3, -0.25) is 9.59 Å². The molecule has 0 saturated carbocycles. The molecule has 0 unspecified atom stereocenters. The van der Waals surface area contributed by atoms with Crippen molar-refractivity contribution >= 4 is 17.5 Å². The number of aryl methyl sites for hydroxylation is 1. The topological polar surface area (TPSA) is 89.8 Å². The summed E-state index contributed by atoms with van der Waals surface area (Å²) in [7, 11) is 1.36. The highest BCUT2D eigenvalue weighted by Gasteiger charge is 2.14. The minimum atomic E-state index is -2.97. The molecule has 9 heteroatoms. The van der Waals surface area contributed by atoms with E-state index >= 15 is 0 Å². The molecule has 0 fully saturated rings. The Hall–Kier alpha value is -3.88. The van der Waals surface area contributed by atoms with E-state index in [0.717, 1.165) is 5.56 Å². The minimum Gasteiger partial charge on any atom is -0.493 e. The molecule has 0 aliphatic carbocycles. The number of hydrogen-bond donors (Lipinski definition) is 2. The number of anilines is 1. The normalized spacial score (nSPS) is 10.7. The van der Waals surface area contributed by atoms with Gasteiger partial charge in [0.05, 0.1) is 13.4 Å². The summed E-state index contributed by atoms with van der Waals surface area (Å²) in [6.45, 7) is -0.897. The zero-order valence-corrected chi connectivity index (χ0v) is 17.5. The number of amides is 2. The number of alkyl halides is 2. The molecule has 0 aliphatic rings. The van der Waals surface area contributed by atoms with E-state index in [1.54, 1.807) is 30.3 Å². The summed E-state index contributed by atoms with van der Waals surface area (Å²) in [4.78, 5) is 24.7. The first kappa shape index (κ1) is 22.8. The molecular formula is C23H22F2N2O5. The molecular weight excluding hydrogens is 422 g/mol. The van der Waals surface area contributed by atoms with E-state index in [2.05, 4.69) is 15.4 Å². The van der Waals surface area contributed by atoms with Crippen LogP contribution in [0.25, 0.3) is 0 Å². The van der Waals surface area contributed by atoms with Crippen molar-refractivity contribution in [2.45, 2.75) is 20.0 Å². The van der Waals surface area contributed by atoms with Crippen molar-refractivity contribution in [1.29, 1.82) is 0 Å². The maximum Gasteiger partial charge on any atom is 0.387 e. The second-order valence-corrected chi connectivity index (χ2v) is 6.83. The van der Waals surface area contributed by atoms with Crippen LogP contribution in [0.15, 0.2) is 59.2 Å². The molecule has 3 aromatic rings. The van der Waals surface area contributed by atoms with E-state index in [-0.39, 0.29) is 29.7 Å². The first-order chi connectivity index (χ1) is 15.4. The second kappa shape index (κ2) is 10.4. The Bertz CT molecular complexity index is 1080. The van der Waals surface area contributed by atoms with E-state index < -0.39 is 12.5 Å². The molecule has 0 bridgehead atoms. The Morgan fingerprint density at radius 1 is 1.06 bits per heavy atom. The van der Waals surface area contributed by atoms with E-state index in [1.807, 2.05) is 6.92 Å². The number of hydrogen-bond acceptors (Lipinski definition) is 5. The first-order valence-corrected chi connectivity index (χ1v) is 9.73. The van der Waals surface area contributed by atoms with Crippen LogP contribution in [0.5, 0.6) is 11.5 Å². The van der Waals surface area contributed by atoms with E-state index in [4.69, 9.17) is 9.15 Å². The Kier molecular flexibility index (Phi) is 7.43. The van der Waals surface area contributed by atoms with Crippen molar-refractivity contribution in [2.75, 3.05) is 19.0 Å². The van der Waals surface area contributed by atoms with Crippen molar-refractivity contribution in [2.24, 2.45) is 0 Å². The predicted octanol–water partition coefficient (Wildman–Crippen LogP) is 4.42. The van der Waals surface area contributed by atoms with Gasteiger partial charge in [0.25, 0.3) is 11.8 Å². The zero-order valence-electron chi connectivity index (χ0n) is 17.5. The van der Waals surface area contributed by atoms with Crippen molar-refractivity contribution < 1.29 is 32.3 Å². The Labute approximate surface area is 183 Å². The lowest BCUT2D eigenvalue weighted by Crippen LogP contribution is -2.26. The summed E-state index contributed by atoms with van der Waals surface area (Å²) in [6, 6.07) is 12.8. The van der Waals surface area contributed by atoms with Gasteiger partial charge in [-0.05, 0) is 60.9 Å². The lowest BCUT2D eigenvalue weighted by Gasteiger charge is -2.12. The fourth-order valence-electron chi connectivity index (χ4n) is 2.98. The first-order valence-electron chi connectivity index (χ1n) is 9.73. The number of carbonyl (C=O) groups is 2. The van der Waals surface area contributed by atoms with Crippen LogP contribution in [-0.4, -0.2) is 32.1 Å². The van der Waals surface area contributed by atoms with E-state index in [0.29, 0.717) is 23.2 Å². The van der Waals surface area contributed by atoms with Gasteiger partial charge in [0.1, 0.15) is 0 Å². The van der Waals surface area contributed by atoms with Crippen LogP contribution in [0.3, 0.4) is 0 Å². The summed E-state index contributed by atoms with van der Waals surface area (Å²) in [6.07, 6.45) is 1.79. The van der Waals surface area contributed by atoms with Crippen molar-refractivity contribution in [3.8, 4) is 11.5 Å². The summed E-state index contributed by atoms with van der Waals surface area (Å²) < 4.78 is 39.7. The largest absolute Gasteiger partial charge is 0.493 e. The van der Waals surface area contributed by atoms with Gasteiger partial charge >= 0.3 is 6.61 Å². The van der Waals surface area contributed by atoms with Crippen molar-refractivity contribution in [1.82, 2.24) is 5.32 Å². The number of rotatable bonds is 9. The number of methoxy groups -OCH3 is 1. The van der Waals surface area contributed by atoms with Gasteiger partial charge in [-0.15, -0.1) is 0 Å². The van der Waals surface area contributed by atoms with E-state index in [1.165, 1.54) is 31.6 Å². The van der Waals surface area contributed by atoms with Crippen molar-refractivity contribution in [3.63, 3.8) is 0 Å². The van der Waals surface area contributed by atoms with Gasteiger partial charge in [-0.2, -0.15) is 8.78 Å². The van der Waals surface area contributed by atoms with Gasteiger partial charge in [0.15, 0.2) is 17.3 Å². The Morgan fingerprint density at radius 2 is 1.88 bits per heavy atom. The number of nitrogens with one attached hydrogen (secondary N) is 2. The quantitative estimate of drug-likeness (QED) is 0.510. The molecule has 2 N–H and O–H groups in total. The standard InChI is InChI=1S/C23H22F2N2O5/c1-14-5-7-16(13-17(14)27-22(29)19-4-3-11-31-19)21(28)26-10-9-15-6-8-18(30-2)20(12-15)32-23(24)25/h3-8,11-13,23H,9-10H2,1-2H3,(H,26,28)(H,27,29). The summed E-state index contributed by atoms with van der Waals surface area (Å²) >= 11 is 0. The molecule has 0 aliphatic heterocycles. The maximum absolute atomic E-state index is 12.6. The van der Waals surface area contributed by atoms with Crippen LogP contribution in [0.4, 0.5) is 14.5 Å². The zero-order chi connectivity index (χ0) is 23.1. The molecule has 1 aromatic heterocycles. The van der Waals surface area contributed by atoms with Crippen LogP contribution >= 0.6 is 0 Å². The van der Waals surface area contributed by atoms with Crippen LogP contribution in [0, 0.1) is 6.92 Å². The third-order valence-corrected chi connectivity index (χ3v) is 4.64. The van der Waals surface area contributed by atoms with Gasteiger partial charge in [-0.25, -0.2) is 0 Å². The van der Waals surface area contributed by atoms with Gasteiger partial charge in [0, 0.05) is 17.8 Å². The Balaban J connectivity index is 1.61. The molecule has 3 rings (SSSR count). The lowest BCUT2D eigenvalue weighted by atomic mass is 10.1. The van der Waals surface area contributed by atoms with E-state index in [9.17, 15) is 18.4 Å². The average Bonchev–Trinajstić information content (AvgIpc) is 3.30. The van der Waals surface area contributed by atoms with Crippen LogP contribution in [0.2, 0.25) is 0 Å². The molecule has 0 atom stereocenters. The van der Waals surface area contributed by atoms with Crippen LogP contribution < -0.4 is 20.1 Å². The highest BCUT2D eigenvalue weighted by Crippen LogP contribution is 2.29. The van der Waals surface area contributed by atoms with Gasteiger partial charge < -0.3 is 24.5 Å². The molecule has 2 aromatic carbocycles. The fourth-order valence-corrected chi connectivity index (χ4v) is 2.98. The number of carbonyl (C=O) groups excluding carboxylic acids is 2. The number of ether oxygens (including phenoxy) is 2. The Morgan fingerprint density at radius 3 is 2.56 bits per heavy atom. The number of furan rings is 1. The maximum atomic E-state index is 12.6. The molecule has 168 valence electrons. The average molecular weight is 444 g/mol. The highest BCUT2D eigenvalue weighted by molar-refractivity contribution is 6.03. The molecule has 7 nitrogen and oxygen atoms in total. The summed E-state index contributed by atoms with van der Waals surface area (Å²) in [5.74, 6) is -0.467. The number of benzene rings is 2. The number of halogens is 2.